The van der Waals surface area contributed by atoms with Gasteiger partial charge < -0.3 is 15.0 Å². The third kappa shape index (κ3) is 3.23. The minimum absolute atomic E-state index is 0.149. The van der Waals surface area contributed by atoms with Crippen molar-refractivity contribution in [2.24, 2.45) is 11.7 Å². The summed E-state index contributed by atoms with van der Waals surface area (Å²) in [6.07, 6.45) is 0.720. The van der Waals surface area contributed by atoms with Crippen molar-refractivity contribution in [2.45, 2.75) is 26.4 Å². The Morgan fingerprint density at radius 1 is 1.25 bits per heavy atom. The molecule has 1 heterocycles. The first kappa shape index (κ1) is 14.7. The normalized spacial score (nSPS) is 12.8. The van der Waals surface area contributed by atoms with Crippen molar-refractivity contribution in [1.29, 1.82) is 0 Å². The maximum Gasteiger partial charge on any atom is 0.258 e. The number of hydrogen-bond acceptors (Lipinski definition) is 5. The zero-order valence-electron chi connectivity index (χ0n) is 12.2. The lowest BCUT2D eigenvalue weighted by Gasteiger charge is -2.14. The Morgan fingerprint density at radius 3 is 2.50 bits per heavy atom. The van der Waals surface area contributed by atoms with Crippen LogP contribution in [0.4, 0.5) is 0 Å². The van der Waals surface area contributed by atoms with Gasteiger partial charge in [0.05, 0.1) is 0 Å². The molecule has 5 heteroatoms. The number of nitrogens with zero attached hydrogens (tertiary/aromatic N) is 2. The Balaban J connectivity index is 2.19. The predicted octanol–water partition coefficient (Wildman–Crippen LogP) is 2.58. The van der Waals surface area contributed by atoms with Gasteiger partial charge in [-0.3, -0.25) is 0 Å². The fourth-order valence-corrected chi connectivity index (χ4v) is 2.12. The van der Waals surface area contributed by atoms with Crippen molar-refractivity contribution in [2.75, 3.05) is 13.7 Å². The van der Waals surface area contributed by atoms with Gasteiger partial charge in [0.1, 0.15) is 6.10 Å². The standard InChI is InChI=1S/C15H21N3O2/c1-10(2)13(19-3)14-17-15(20-18-14)12-6-4-11(5-7-12)8-9-16/h4-7,10,13H,8-9,16H2,1-3H3. The minimum Gasteiger partial charge on any atom is -0.373 e. The van der Waals surface area contributed by atoms with Crippen molar-refractivity contribution in [3.63, 3.8) is 0 Å². The molecule has 0 aliphatic heterocycles. The molecule has 2 aromatic rings. The van der Waals surface area contributed by atoms with Crippen molar-refractivity contribution in [1.82, 2.24) is 10.1 Å². The van der Waals surface area contributed by atoms with Crippen LogP contribution in [0.2, 0.25) is 0 Å². The van der Waals surface area contributed by atoms with E-state index in [0.717, 1.165) is 12.0 Å². The van der Waals surface area contributed by atoms with E-state index < -0.39 is 0 Å². The number of benzene rings is 1. The molecule has 0 saturated carbocycles. The van der Waals surface area contributed by atoms with Crippen LogP contribution in [0.1, 0.15) is 31.3 Å². The Hall–Kier alpha value is -1.72. The molecule has 1 aromatic carbocycles. The Labute approximate surface area is 119 Å². The molecular weight excluding hydrogens is 254 g/mol. The van der Waals surface area contributed by atoms with Gasteiger partial charge in [-0.2, -0.15) is 4.98 Å². The number of rotatable bonds is 6. The van der Waals surface area contributed by atoms with E-state index in [0.29, 0.717) is 18.3 Å². The van der Waals surface area contributed by atoms with Gasteiger partial charge in [0.15, 0.2) is 0 Å². The number of hydrogen-bond donors (Lipinski definition) is 1. The van der Waals surface area contributed by atoms with Gasteiger partial charge in [0.25, 0.3) is 5.89 Å². The van der Waals surface area contributed by atoms with Crippen LogP contribution < -0.4 is 5.73 Å². The SMILES string of the molecule is COC(c1noc(-c2ccc(CCN)cc2)n1)C(C)C. The smallest absolute Gasteiger partial charge is 0.258 e. The molecule has 1 unspecified atom stereocenters. The second-order valence-electron chi connectivity index (χ2n) is 5.09. The maximum absolute atomic E-state index is 5.54. The van der Waals surface area contributed by atoms with Gasteiger partial charge in [-0.25, -0.2) is 0 Å². The number of aromatic nitrogens is 2. The van der Waals surface area contributed by atoms with Crippen LogP contribution in [0.5, 0.6) is 0 Å². The van der Waals surface area contributed by atoms with Crippen molar-refractivity contribution in [3.05, 3.63) is 35.7 Å². The lowest BCUT2D eigenvalue weighted by Crippen LogP contribution is -2.10. The van der Waals surface area contributed by atoms with Gasteiger partial charge >= 0.3 is 0 Å². The largest absolute Gasteiger partial charge is 0.373 e. The van der Waals surface area contributed by atoms with Crippen LogP contribution in [0.15, 0.2) is 28.8 Å². The van der Waals surface area contributed by atoms with E-state index in [-0.39, 0.29) is 12.0 Å². The zero-order chi connectivity index (χ0) is 14.5. The predicted molar refractivity (Wildman–Crippen MR) is 77.1 cm³/mol. The quantitative estimate of drug-likeness (QED) is 0.877. The average Bonchev–Trinajstić information content (AvgIpc) is 2.90. The third-order valence-electron chi connectivity index (χ3n) is 3.19. The van der Waals surface area contributed by atoms with Gasteiger partial charge in [-0.05, 0) is 36.6 Å². The molecule has 0 saturated heterocycles. The summed E-state index contributed by atoms with van der Waals surface area (Å²) >= 11 is 0. The number of ether oxygens (including phenoxy) is 1. The first-order valence-corrected chi connectivity index (χ1v) is 6.81. The summed E-state index contributed by atoms with van der Waals surface area (Å²) in [4.78, 5) is 4.42. The first-order valence-electron chi connectivity index (χ1n) is 6.81. The monoisotopic (exact) mass is 275 g/mol. The fourth-order valence-electron chi connectivity index (χ4n) is 2.12. The molecule has 0 bridgehead atoms. The zero-order valence-corrected chi connectivity index (χ0v) is 12.2. The highest BCUT2D eigenvalue weighted by molar-refractivity contribution is 5.53. The highest BCUT2D eigenvalue weighted by atomic mass is 16.5. The second kappa shape index (κ2) is 6.63. The van der Waals surface area contributed by atoms with Gasteiger partial charge in [-0.15, -0.1) is 0 Å². The highest BCUT2D eigenvalue weighted by Crippen LogP contribution is 2.25. The second-order valence-corrected chi connectivity index (χ2v) is 5.09. The van der Waals surface area contributed by atoms with Crippen LogP contribution in [0, 0.1) is 5.92 Å². The molecule has 0 aliphatic rings. The lowest BCUT2D eigenvalue weighted by molar-refractivity contribution is 0.0556. The molecular formula is C15H21N3O2. The Kier molecular flexibility index (Phi) is 4.87. The average molecular weight is 275 g/mol. The summed E-state index contributed by atoms with van der Waals surface area (Å²) in [5, 5.41) is 4.01. The van der Waals surface area contributed by atoms with E-state index in [1.54, 1.807) is 7.11 Å². The summed E-state index contributed by atoms with van der Waals surface area (Å²) in [6, 6.07) is 8.00. The van der Waals surface area contributed by atoms with E-state index in [2.05, 4.69) is 24.0 Å². The van der Waals surface area contributed by atoms with Crippen LogP contribution >= 0.6 is 0 Å². The molecule has 2 rings (SSSR count). The number of nitrogens with two attached hydrogens (primary N) is 1. The van der Waals surface area contributed by atoms with E-state index in [4.69, 9.17) is 15.0 Å². The van der Waals surface area contributed by atoms with E-state index >= 15 is 0 Å². The molecule has 108 valence electrons. The van der Waals surface area contributed by atoms with Crippen molar-refractivity contribution < 1.29 is 9.26 Å². The molecule has 0 spiro atoms. The van der Waals surface area contributed by atoms with Crippen molar-refractivity contribution >= 4 is 0 Å². The molecule has 0 fully saturated rings. The summed E-state index contributed by atoms with van der Waals surface area (Å²) in [6.45, 7) is 4.77. The van der Waals surface area contributed by atoms with Crippen molar-refractivity contribution in [3.8, 4) is 11.5 Å². The summed E-state index contributed by atoms with van der Waals surface area (Å²) in [5.41, 5.74) is 7.64. The summed E-state index contributed by atoms with van der Waals surface area (Å²) in [5.74, 6) is 1.39. The molecule has 1 atom stereocenters. The third-order valence-corrected chi connectivity index (χ3v) is 3.19. The highest BCUT2D eigenvalue weighted by Gasteiger charge is 2.21. The van der Waals surface area contributed by atoms with E-state index in [1.807, 2.05) is 24.3 Å². The Morgan fingerprint density at radius 2 is 1.95 bits per heavy atom. The molecule has 20 heavy (non-hydrogen) atoms. The van der Waals surface area contributed by atoms with E-state index in [1.165, 1.54) is 5.56 Å². The summed E-state index contributed by atoms with van der Waals surface area (Å²) < 4.78 is 10.7. The van der Waals surface area contributed by atoms with Crippen LogP contribution in [-0.2, 0) is 11.2 Å². The first-order chi connectivity index (χ1) is 9.65. The molecule has 2 N–H and O–H groups in total. The van der Waals surface area contributed by atoms with Gasteiger partial charge in [0, 0.05) is 12.7 Å². The molecule has 0 aliphatic carbocycles. The maximum atomic E-state index is 5.54. The lowest BCUT2D eigenvalue weighted by atomic mass is 10.1. The van der Waals surface area contributed by atoms with Gasteiger partial charge in [0.2, 0.25) is 5.82 Å². The molecule has 1 aromatic heterocycles. The fraction of sp³-hybridized carbons (Fsp3) is 0.467. The molecule has 0 amide bonds. The Bertz CT molecular complexity index is 534. The van der Waals surface area contributed by atoms with Gasteiger partial charge in [-0.1, -0.05) is 31.1 Å². The molecule has 0 radical (unpaired) electrons. The van der Waals surface area contributed by atoms with E-state index in [9.17, 15) is 0 Å². The van der Waals surface area contributed by atoms with Crippen LogP contribution in [0.3, 0.4) is 0 Å². The minimum atomic E-state index is -0.149. The summed E-state index contributed by atoms with van der Waals surface area (Å²) in [7, 11) is 1.66. The molecule has 5 nitrogen and oxygen atoms in total. The number of methoxy groups -OCH3 is 1. The topological polar surface area (TPSA) is 74.2 Å². The van der Waals surface area contributed by atoms with Crippen LogP contribution in [0.25, 0.3) is 11.5 Å². The van der Waals surface area contributed by atoms with Crippen LogP contribution in [-0.4, -0.2) is 23.8 Å².